The average molecular weight is 338 g/mol. The molecule has 0 spiro atoms. The van der Waals surface area contributed by atoms with Gasteiger partial charge in [0.1, 0.15) is 0 Å². The molecule has 3 heteroatoms. The van der Waals surface area contributed by atoms with Crippen molar-refractivity contribution in [2.24, 2.45) is 0 Å². The molecule has 0 saturated carbocycles. The van der Waals surface area contributed by atoms with Crippen LogP contribution in [0.5, 0.6) is 0 Å². The van der Waals surface area contributed by atoms with E-state index in [2.05, 4.69) is 4.90 Å². The van der Waals surface area contributed by atoms with Crippen molar-refractivity contribution in [1.82, 2.24) is 4.90 Å². The van der Waals surface area contributed by atoms with Gasteiger partial charge >= 0.3 is 0 Å². The van der Waals surface area contributed by atoms with E-state index in [1.807, 2.05) is 55.6 Å². The van der Waals surface area contributed by atoms with Gasteiger partial charge in [-0.2, -0.15) is 0 Å². The number of Topliss-reactive ketones (excluding diaryl/α,β-unsaturated/α-hetero) is 1. The molecular weight excluding hydrogens is 310 g/mol. The second kappa shape index (κ2) is 8.41. The molecule has 0 amide bonds. The summed E-state index contributed by atoms with van der Waals surface area (Å²) in [6, 6.07) is 18.9. The van der Waals surface area contributed by atoms with Crippen LogP contribution in [-0.4, -0.2) is 34.9 Å². The van der Waals surface area contributed by atoms with Crippen molar-refractivity contribution in [2.45, 2.75) is 50.3 Å². The molecule has 0 radical (unpaired) electrons. The molecule has 0 aliphatic carbocycles. The average Bonchev–Trinajstić information content (AvgIpc) is 2.66. The Hall–Kier alpha value is -1.97. The van der Waals surface area contributed by atoms with Gasteiger partial charge in [-0.1, -0.05) is 67.1 Å². The maximum Gasteiger partial charge on any atom is 0.164 e. The zero-order chi connectivity index (χ0) is 18.6. The Morgan fingerprint density at radius 1 is 1.12 bits per heavy atom. The molecule has 1 heterocycles. The quantitative estimate of drug-likeness (QED) is 0.801. The number of hydrogen-bond donors (Lipinski definition) is 1. The maximum absolute atomic E-state index is 12.6. The molecule has 3 rings (SSSR count). The lowest BCUT2D eigenvalue weighted by Crippen LogP contribution is -2.45. The third kappa shape index (κ3) is 4.56. The number of aliphatic hydroxyl groups is 1. The number of carbonyl (C=O) groups is 1. The predicted octanol–water partition coefficient (Wildman–Crippen LogP) is 4.24. The summed E-state index contributed by atoms with van der Waals surface area (Å²) >= 11 is 0. The van der Waals surface area contributed by atoms with Crippen molar-refractivity contribution in [3.63, 3.8) is 0 Å². The zero-order valence-corrected chi connectivity index (χ0v) is 14.8. The first kappa shape index (κ1) is 16.5. The molecule has 1 fully saturated rings. The summed E-state index contributed by atoms with van der Waals surface area (Å²) in [7, 11) is 2.02. The fourth-order valence-corrected chi connectivity index (χ4v) is 3.71. The maximum atomic E-state index is 12.6. The van der Waals surface area contributed by atoms with Gasteiger partial charge in [-0.05, 0) is 31.9 Å². The number of piperidine rings is 1. The summed E-state index contributed by atoms with van der Waals surface area (Å²) in [6.07, 6.45) is 2.17. The van der Waals surface area contributed by atoms with Crippen molar-refractivity contribution < 1.29 is 11.3 Å². The van der Waals surface area contributed by atoms with Crippen LogP contribution in [0.1, 0.15) is 55.5 Å². The molecule has 1 aliphatic heterocycles. The van der Waals surface area contributed by atoms with Crippen LogP contribution in [0.3, 0.4) is 0 Å². The van der Waals surface area contributed by atoms with Gasteiger partial charge in [0.15, 0.2) is 5.78 Å². The molecule has 132 valence electrons. The zero-order valence-electron chi connectivity index (χ0n) is 15.8. The van der Waals surface area contributed by atoms with E-state index < -0.39 is 6.08 Å². The highest BCUT2D eigenvalue weighted by atomic mass is 16.3. The van der Waals surface area contributed by atoms with Crippen LogP contribution in [0.15, 0.2) is 60.7 Å². The van der Waals surface area contributed by atoms with E-state index in [1.54, 1.807) is 12.1 Å². The molecule has 0 bridgehead atoms. The van der Waals surface area contributed by atoms with Gasteiger partial charge in [-0.15, -0.1) is 0 Å². The normalized spacial score (nSPS) is 24.3. The number of rotatable bonds is 6. The van der Waals surface area contributed by atoms with E-state index in [1.165, 1.54) is 0 Å². The third-order valence-corrected chi connectivity index (χ3v) is 5.28. The van der Waals surface area contributed by atoms with E-state index >= 15 is 0 Å². The van der Waals surface area contributed by atoms with Gasteiger partial charge in [0.05, 0.1) is 7.45 Å². The molecule has 1 saturated heterocycles. The molecular formula is C22H27NO2. The number of nitrogens with zero attached hydrogens (tertiary/aromatic N) is 1. The second-order valence-electron chi connectivity index (χ2n) is 6.91. The van der Waals surface area contributed by atoms with Crippen LogP contribution in [0, 0.1) is 0 Å². The van der Waals surface area contributed by atoms with E-state index in [0.29, 0.717) is 18.4 Å². The van der Waals surface area contributed by atoms with Crippen molar-refractivity contribution in [1.29, 1.82) is 0 Å². The first-order valence-corrected chi connectivity index (χ1v) is 9.05. The molecule has 3 nitrogen and oxygen atoms in total. The van der Waals surface area contributed by atoms with Crippen LogP contribution in [-0.2, 0) is 0 Å². The largest absolute Gasteiger partial charge is 0.388 e. The minimum absolute atomic E-state index is 0.0972. The molecule has 2 aromatic rings. The molecule has 2 aromatic carbocycles. The standard InChI is InChI=1S/C22H27NO2/c1-23-19(15-21(24)17-9-4-2-5-10-17)13-8-14-20(23)16-22(25)18-11-6-3-7-12-18/h2-7,9-12,19-21,24H,8,13-16H2,1H3/t19-,20+,21+/m0/s1/i21D. The van der Waals surface area contributed by atoms with E-state index in [9.17, 15) is 9.90 Å². The number of ketones is 1. The first-order chi connectivity index (χ1) is 12.5. The number of hydrogen-bond acceptors (Lipinski definition) is 3. The van der Waals surface area contributed by atoms with Gasteiger partial charge in [0, 0.05) is 24.1 Å². The molecule has 25 heavy (non-hydrogen) atoms. The second-order valence-corrected chi connectivity index (χ2v) is 6.91. The molecule has 1 N–H and O–H groups in total. The predicted molar refractivity (Wildman–Crippen MR) is 101 cm³/mol. The Labute approximate surface area is 151 Å². The Morgan fingerprint density at radius 2 is 1.72 bits per heavy atom. The Kier molecular flexibility index (Phi) is 5.55. The fourth-order valence-electron chi connectivity index (χ4n) is 3.71. The first-order valence-electron chi connectivity index (χ1n) is 9.55. The third-order valence-electron chi connectivity index (χ3n) is 5.28. The monoisotopic (exact) mass is 338 g/mol. The summed E-state index contributed by atoms with van der Waals surface area (Å²) in [4.78, 5) is 14.8. The number of likely N-dealkylation sites (tertiary alicyclic amines) is 1. The molecule has 0 unspecified atom stereocenters. The van der Waals surface area contributed by atoms with Crippen LogP contribution in [0.2, 0.25) is 0 Å². The highest BCUT2D eigenvalue weighted by molar-refractivity contribution is 5.96. The van der Waals surface area contributed by atoms with E-state index in [-0.39, 0.29) is 17.9 Å². The van der Waals surface area contributed by atoms with Crippen molar-refractivity contribution >= 4 is 5.78 Å². The van der Waals surface area contributed by atoms with E-state index in [4.69, 9.17) is 1.37 Å². The molecule has 3 atom stereocenters. The lowest BCUT2D eigenvalue weighted by molar-refractivity contribution is 0.0549. The Morgan fingerprint density at radius 3 is 2.40 bits per heavy atom. The van der Waals surface area contributed by atoms with Crippen molar-refractivity contribution in [3.05, 3.63) is 71.8 Å². The van der Waals surface area contributed by atoms with Crippen LogP contribution < -0.4 is 0 Å². The number of carbonyl (C=O) groups excluding carboxylic acids is 1. The van der Waals surface area contributed by atoms with Gasteiger partial charge in [-0.25, -0.2) is 0 Å². The summed E-state index contributed by atoms with van der Waals surface area (Å²) in [5.41, 5.74) is 1.38. The Balaban J connectivity index is 1.66. The van der Waals surface area contributed by atoms with Gasteiger partial charge in [0.2, 0.25) is 0 Å². The van der Waals surface area contributed by atoms with Gasteiger partial charge in [0.25, 0.3) is 0 Å². The lowest BCUT2D eigenvalue weighted by Gasteiger charge is -2.40. The molecule has 1 aliphatic rings. The SMILES string of the molecule is [2H][C@@](O)(C[C@@H]1CCC[C@H](CC(=O)c2ccccc2)N1C)c1ccccc1. The minimum Gasteiger partial charge on any atom is -0.388 e. The summed E-state index contributed by atoms with van der Waals surface area (Å²) in [5, 5.41) is 10.7. The fraction of sp³-hybridized carbons (Fsp3) is 0.409. The van der Waals surface area contributed by atoms with Crippen LogP contribution >= 0.6 is 0 Å². The summed E-state index contributed by atoms with van der Waals surface area (Å²) < 4.78 is 8.40. The highest BCUT2D eigenvalue weighted by Crippen LogP contribution is 2.30. The summed E-state index contributed by atoms with van der Waals surface area (Å²) in [6.45, 7) is 0. The van der Waals surface area contributed by atoms with Gasteiger partial charge < -0.3 is 5.11 Å². The topological polar surface area (TPSA) is 40.5 Å². The number of benzene rings is 2. The van der Waals surface area contributed by atoms with Crippen LogP contribution in [0.4, 0.5) is 0 Å². The lowest BCUT2D eigenvalue weighted by atomic mass is 9.88. The van der Waals surface area contributed by atoms with Crippen LogP contribution in [0.25, 0.3) is 0 Å². The van der Waals surface area contributed by atoms with E-state index in [0.717, 1.165) is 24.8 Å². The highest BCUT2D eigenvalue weighted by Gasteiger charge is 2.30. The van der Waals surface area contributed by atoms with Crippen molar-refractivity contribution in [3.8, 4) is 0 Å². The molecule has 0 aromatic heterocycles. The van der Waals surface area contributed by atoms with Gasteiger partial charge in [-0.3, -0.25) is 9.69 Å². The minimum atomic E-state index is -1.61. The smallest absolute Gasteiger partial charge is 0.164 e. The Bertz CT molecular complexity index is 717. The summed E-state index contributed by atoms with van der Waals surface area (Å²) in [5.74, 6) is 0.160. The van der Waals surface area contributed by atoms with Crippen molar-refractivity contribution in [2.75, 3.05) is 7.05 Å².